The molecule has 3 heteroatoms. The van der Waals surface area contributed by atoms with Crippen molar-refractivity contribution in [3.8, 4) is 33.4 Å². The minimum absolute atomic E-state index is 0.0518. The number of nitrogens with zero attached hydrogens (tertiary/aromatic N) is 1. The molecular formula is C47H42BNO. The van der Waals surface area contributed by atoms with Gasteiger partial charge >= 0.3 is 6.92 Å². The fraction of sp³-hybridized carbons (Fsp3) is 0.213. The van der Waals surface area contributed by atoms with Crippen molar-refractivity contribution in [1.82, 2.24) is 0 Å². The Balaban J connectivity index is 1.27. The van der Waals surface area contributed by atoms with E-state index < -0.39 is 5.41 Å². The van der Waals surface area contributed by atoms with Gasteiger partial charge in [0.2, 0.25) is 0 Å². The van der Waals surface area contributed by atoms with E-state index in [0.29, 0.717) is 0 Å². The van der Waals surface area contributed by atoms with Gasteiger partial charge in [-0.15, -0.1) is 0 Å². The predicted molar refractivity (Wildman–Crippen MR) is 210 cm³/mol. The molecule has 0 amide bonds. The molecule has 1 heterocycles. The lowest BCUT2D eigenvalue weighted by Gasteiger charge is -2.34. The van der Waals surface area contributed by atoms with Crippen LogP contribution in [0.4, 0.5) is 5.69 Å². The van der Waals surface area contributed by atoms with Crippen molar-refractivity contribution in [2.45, 2.75) is 58.9 Å². The lowest BCUT2D eigenvalue weighted by molar-refractivity contribution is 0.0375. The summed E-state index contributed by atoms with van der Waals surface area (Å²) in [6.45, 7) is 13.5. The molecule has 1 aliphatic heterocycles. The van der Waals surface area contributed by atoms with E-state index in [4.69, 9.17) is 9.65 Å². The fourth-order valence-corrected chi connectivity index (χ4v) is 8.96. The van der Waals surface area contributed by atoms with Gasteiger partial charge in [-0.1, -0.05) is 135 Å². The Labute approximate surface area is 297 Å². The van der Waals surface area contributed by atoms with E-state index in [1.54, 1.807) is 0 Å². The molecule has 3 aliphatic rings. The Hall–Kier alpha value is -4.99. The van der Waals surface area contributed by atoms with Gasteiger partial charge in [0.05, 0.1) is 16.7 Å². The molecule has 0 saturated carbocycles. The molecule has 2 aliphatic carbocycles. The van der Waals surface area contributed by atoms with Gasteiger partial charge in [0.1, 0.15) is 0 Å². The highest BCUT2D eigenvalue weighted by molar-refractivity contribution is 6.68. The Bertz CT molecular complexity index is 2320. The molecule has 1 fully saturated rings. The first-order valence-electron chi connectivity index (χ1n) is 18.0. The molecular weight excluding hydrogens is 605 g/mol. The van der Waals surface area contributed by atoms with Crippen molar-refractivity contribution < 1.29 is 4.65 Å². The summed E-state index contributed by atoms with van der Waals surface area (Å²) >= 11 is 0. The van der Waals surface area contributed by atoms with Gasteiger partial charge in [0.25, 0.3) is 0 Å². The SMILES string of the molecule is CC(=Nc1ccccc1C)c1ccccc1-c1ccc2c(c1)C1(c3ccccc3-c3ccccc31)c1cc(B3CC(C)(C)C(C)(C)O3)ccc1-2. The molecule has 0 bridgehead atoms. The normalized spacial score (nSPS) is 17.4. The van der Waals surface area contributed by atoms with Crippen LogP contribution < -0.4 is 5.46 Å². The molecule has 0 N–H and O–H groups in total. The second kappa shape index (κ2) is 11.0. The summed E-state index contributed by atoms with van der Waals surface area (Å²) in [6, 6.07) is 49.5. The summed E-state index contributed by atoms with van der Waals surface area (Å²) in [7, 11) is 0. The quantitative estimate of drug-likeness (QED) is 0.138. The van der Waals surface area contributed by atoms with Crippen LogP contribution in [0.2, 0.25) is 6.32 Å². The fourth-order valence-electron chi connectivity index (χ4n) is 8.96. The van der Waals surface area contributed by atoms with Crippen LogP contribution in [0.5, 0.6) is 0 Å². The first kappa shape index (κ1) is 31.0. The number of aryl methyl sites for hydroxylation is 1. The molecule has 50 heavy (non-hydrogen) atoms. The average molecular weight is 648 g/mol. The maximum atomic E-state index is 6.83. The van der Waals surface area contributed by atoms with Crippen LogP contribution in [0.25, 0.3) is 33.4 Å². The smallest absolute Gasteiger partial charge is 0.327 e. The van der Waals surface area contributed by atoms with Crippen molar-refractivity contribution in [2.75, 3.05) is 0 Å². The third-order valence-electron chi connectivity index (χ3n) is 12.3. The zero-order valence-corrected chi connectivity index (χ0v) is 29.8. The zero-order chi connectivity index (χ0) is 34.4. The molecule has 0 unspecified atom stereocenters. The number of fused-ring (bicyclic) bond motifs is 10. The summed E-state index contributed by atoms with van der Waals surface area (Å²) in [5.74, 6) is 0. The molecule has 0 radical (unpaired) electrons. The maximum absolute atomic E-state index is 6.83. The Morgan fingerprint density at radius 2 is 1.16 bits per heavy atom. The van der Waals surface area contributed by atoms with Crippen LogP contribution in [0.1, 0.15) is 68.0 Å². The third kappa shape index (κ3) is 4.36. The van der Waals surface area contributed by atoms with Crippen LogP contribution >= 0.6 is 0 Å². The summed E-state index contributed by atoms with van der Waals surface area (Å²) in [6.07, 6.45) is 0.996. The van der Waals surface area contributed by atoms with E-state index in [1.165, 1.54) is 66.7 Å². The summed E-state index contributed by atoms with van der Waals surface area (Å²) in [4.78, 5) is 5.12. The van der Waals surface area contributed by atoms with Gasteiger partial charge in [-0.3, -0.25) is 4.99 Å². The summed E-state index contributed by atoms with van der Waals surface area (Å²) in [5.41, 5.74) is 18.1. The van der Waals surface area contributed by atoms with Crippen LogP contribution in [0.3, 0.4) is 0 Å². The van der Waals surface area contributed by atoms with Crippen molar-refractivity contribution in [3.05, 3.63) is 167 Å². The van der Waals surface area contributed by atoms with Crippen LogP contribution in [-0.4, -0.2) is 18.2 Å². The Morgan fingerprint density at radius 1 is 0.600 bits per heavy atom. The van der Waals surface area contributed by atoms with E-state index >= 15 is 0 Å². The molecule has 6 aromatic rings. The number of rotatable bonds is 4. The van der Waals surface area contributed by atoms with Crippen molar-refractivity contribution in [1.29, 1.82) is 0 Å². The van der Waals surface area contributed by atoms with Crippen LogP contribution in [0, 0.1) is 12.3 Å². The lowest BCUT2D eigenvalue weighted by Crippen LogP contribution is -2.36. The van der Waals surface area contributed by atoms with Gasteiger partial charge in [-0.05, 0) is 118 Å². The second-order valence-electron chi connectivity index (χ2n) is 15.6. The second-order valence-corrected chi connectivity index (χ2v) is 15.6. The monoisotopic (exact) mass is 647 g/mol. The lowest BCUT2D eigenvalue weighted by atomic mass is 9.53. The highest BCUT2D eigenvalue weighted by atomic mass is 16.5. The van der Waals surface area contributed by atoms with Gasteiger partial charge in [0, 0.05) is 11.3 Å². The summed E-state index contributed by atoms with van der Waals surface area (Å²) < 4.78 is 6.83. The third-order valence-corrected chi connectivity index (χ3v) is 12.3. The van der Waals surface area contributed by atoms with Crippen LogP contribution in [0.15, 0.2) is 138 Å². The van der Waals surface area contributed by atoms with Gasteiger partial charge in [0.15, 0.2) is 0 Å². The van der Waals surface area contributed by atoms with E-state index in [9.17, 15) is 0 Å². The van der Waals surface area contributed by atoms with Gasteiger partial charge in [-0.2, -0.15) is 0 Å². The van der Waals surface area contributed by atoms with Gasteiger partial charge in [-0.25, -0.2) is 0 Å². The van der Waals surface area contributed by atoms with Crippen molar-refractivity contribution >= 4 is 23.8 Å². The molecule has 1 saturated heterocycles. The largest absolute Gasteiger partial charge is 0.426 e. The van der Waals surface area contributed by atoms with E-state index in [0.717, 1.165) is 23.3 Å². The Kier molecular flexibility index (Phi) is 6.83. The maximum Gasteiger partial charge on any atom is 0.327 e. The first-order chi connectivity index (χ1) is 24.1. The highest BCUT2D eigenvalue weighted by Crippen LogP contribution is 2.63. The standard InChI is InChI=1S/C47H42BNO/c1-30-15-7-14-22-44(30)49-31(2)34-16-8-9-17-35(34)32-23-25-38-39-26-24-33(48-29-45(3,4)46(5,6)50-48)28-43(39)47(42(38)27-32)40-20-12-10-18-36(40)37-19-11-13-21-41(37)47/h7-28H,29H2,1-6H3. The molecule has 0 atom stereocenters. The van der Waals surface area contributed by atoms with Crippen molar-refractivity contribution in [3.63, 3.8) is 0 Å². The highest BCUT2D eigenvalue weighted by Gasteiger charge is 2.53. The van der Waals surface area contributed by atoms with E-state index in [2.05, 4.69) is 175 Å². The molecule has 244 valence electrons. The molecule has 1 spiro atoms. The van der Waals surface area contributed by atoms with Crippen molar-refractivity contribution in [2.24, 2.45) is 10.4 Å². The first-order valence-corrected chi connectivity index (χ1v) is 18.0. The zero-order valence-electron chi connectivity index (χ0n) is 29.8. The minimum atomic E-state index is -0.438. The number of aliphatic imine (C=N–C) groups is 1. The van der Waals surface area contributed by atoms with E-state index in [-0.39, 0.29) is 17.9 Å². The molecule has 2 nitrogen and oxygen atoms in total. The topological polar surface area (TPSA) is 21.6 Å². The molecule has 0 aromatic heterocycles. The number of benzene rings is 6. The number of para-hydroxylation sites is 1. The van der Waals surface area contributed by atoms with E-state index in [1.807, 2.05) is 0 Å². The number of hydrogen-bond donors (Lipinski definition) is 0. The number of hydrogen-bond acceptors (Lipinski definition) is 2. The molecule has 6 aromatic carbocycles. The molecule has 9 rings (SSSR count). The van der Waals surface area contributed by atoms with Gasteiger partial charge < -0.3 is 4.65 Å². The minimum Gasteiger partial charge on any atom is -0.426 e. The summed E-state index contributed by atoms with van der Waals surface area (Å²) in [5, 5.41) is 0. The average Bonchev–Trinajstić information content (AvgIpc) is 3.67. The predicted octanol–water partition coefficient (Wildman–Crippen LogP) is 11.2. The Morgan fingerprint density at radius 3 is 1.82 bits per heavy atom. The van der Waals surface area contributed by atoms with Crippen LogP contribution in [-0.2, 0) is 10.1 Å².